The monoisotopic (exact) mass is 652 g/mol. The van der Waals surface area contributed by atoms with Crippen LogP contribution in [-0.4, -0.2) is 21.8 Å². The molecule has 228 valence electrons. The van der Waals surface area contributed by atoms with Gasteiger partial charge in [-0.15, -0.1) is 0 Å². The molecule has 0 bridgehead atoms. The van der Waals surface area contributed by atoms with Crippen LogP contribution in [0.4, 0.5) is 11.4 Å². The number of fused-ring (bicyclic) bond motifs is 2. The number of nitrogens with zero attached hydrogens (tertiary/aromatic N) is 2. The lowest BCUT2D eigenvalue weighted by molar-refractivity contribution is 0.101. The molecule has 2 N–H and O–H groups in total. The van der Waals surface area contributed by atoms with Gasteiger partial charge < -0.3 is 10.6 Å². The second-order valence-corrected chi connectivity index (χ2v) is 12.0. The minimum Gasteiger partial charge on any atom is -0.320 e. The molecule has 2 aromatic heterocycles. The van der Waals surface area contributed by atoms with Crippen LogP contribution >= 0.6 is 23.2 Å². The van der Waals surface area contributed by atoms with E-state index in [0.29, 0.717) is 65.7 Å². The third-order valence-electron chi connectivity index (χ3n) is 7.87. The van der Waals surface area contributed by atoms with Gasteiger partial charge in [-0.05, 0) is 73.2 Å². The van der Waals surface area contributed by atoms with E-state index in [1.54, 1.807) is 42.5 Å². The molecule has 7 aromatic rings. The first-order chi connectivity index (χ1) is 22.8. The first-order valence-electron chi connectivity index (χ1n) is 14.9. The summed E-state index contributed by atoms with van der Waals surface area (Å²) in [6, 6.07) is 38.7. The second kappa shape index (κ2) is 12.7. The Kier molecular flexibility index (Phi) is 8.12. The van der Waals surface area contributed by atoms with Gasteiger partial charge in [0, 0.05) is 31.9 Å². The second-order valence-electron chi connectivity index (χ2n) is 11.1. The van der Waals surface area contributed by atoms with E-state index in [1.807, 2.05) is 91.9 Å². The SMILES string of the molecule is Cc1ccc(NC(=O)c2cc(-c3ccc(Cl)cc3)nc3ccccc23)c(NC(=O)c2cc(-c3ccc(Cl)cc3)nc3ccccc23)c1. The summed E-state index contributed by atoms with van der Waals surface area (Å²) >= 11 is 12.2. The van der Waals surface area contributed by atoms with E-state index >= 15 is 0 Å². The van der Waals surface area contributed by atoms with E-state index < -0.39 is 0 Å². The Balaban J connectivity index is 1.24. The number of amides is 2. The zero-order chi connectivity index (χ0) is 32.5. The van der Waals surface area contributed by atoms with Crippen molar-refractivity contribution in [3.05, 3.63) is 154 Å². The number of anilines is 2. The average molecular weight is 654 g/mol. The maximum atomic E-state index is 14.0. The molecule has 0 spiro atoms. The van der Waals surface area contributed by atoms with Crippen molar-refractivity contribution in [2.24, 2.45) is 0 Å². The van der Waals surface area contributed by atoms with E-state index in [9.17, 15) is 9.59 Å². The van der Waals surface area contributed by atoms with Crippen molar-refractivity contribution >= 4 is 68.2 Å². The van der Waals surface area contributed by atoms with Crippen LogP contribution in [0.1, 0.15) is 26.3 Å². The summed E-state index contributed by atoms with van der Waals surface area (Å²) in [6.07, 6.45) is 0. The molecular formula is C39H26Cl2N4O2. The lowest BCUT2D eigenvalue weighted by atomic mass is 10.0. The highest BCUT2D eigenvalue weighted by molar-refractivity contribution is 6.31. The number of aromatic nitrogens is 2. The molecule has 0 aliphatic rings. The number of carbonyl (C=O) groups excluding carboxylic acids is 2. The van der Waals surface area contributed by atoms with Gasteiger partial charge in [0.1, 0.15) is 0 Å². The molecule has 0 saturated carbocycles. The summed E-state index contributed by atoms with van der Waals surface area (Å²) < 4.78 is 0. The normalized spacial score (nSPS) is 11.0. The summed E-state index contributed by atoms with van der Waals surface area (Å²) in [5.74, 6) is -0.670. The lowest BCUT2D eigenvalue weighted by Gasteiger charge is -2.16. The van der Waals surface area contributed by atoms with Gasteiger partial charge in [-0.3, -0.25) is 9.59 Å². The fourth-order valence-corrected chi connectivity index (χ4v) is 5.77. The predicted molar refractivity (Wildman–Crippen MR) is 191 cm³/mol. The van der Waals surface area contributed by atoms with Crippen molar-refractivity contribution in [3.63, 3.8) is 0 Å². The van der Waals surface area contributed by atoms with E-state index in [-0.39, 0.29) is 11.8 Å². The quantitative estimate of drug-likeness (QED) is 0.187. The first kappa shape index (κ1) is 30.1. The minimum absolute atomic E-state index is 0.334. The van der Waals surface area contributed by atoms with Gasteiger partial charge in [0.15, 0.2) is 0 Å². The summed E-state index contributed by atoms with van der Waals surface area (Å²) in [6.45, 7) is 1.93. The van der Waals surface area contributed by atoms with Gasteiger partial charge in [0.05, 0.1) is 44.9 Å². The van der Waals surface area contributed by atoms with Gasteiger partial charge in [0.25, 0.3) is 11.8 Å². The van der Waals surface area contributed by atoms with Crippen molar-refractivity contribution < 1.29 is 9.59 Å². The van der Waals surface area contributed by atoms with Crippen molar-refractivity contribution in [2.45, 2.75) is 6.92 Å². The fraction of sp³-hybridized carbons (Fsp3) is 0.0256. The predicted octanol–water partition coefficient (Wildman–Crippen LogP) is 10.2. The highest BCUT2D eigenvalue weighted by Gasteiger charge is 2.19. The Hall–Kier alpha value is -5.56. The first-order valence-corrected chi connectivity index (χ1v) is 15.6. The maximum absolute atomic E-state index is 14.0. The number of aryl methyl sites for hydroxylation is 1. The maximum Gasteiger partial charge on any atom is 0.256 e. The van der Waals surface area contributed by atoms with Crippen molar-refractivity contribution in [1.82, 2.24) is 9.97 Å². The van der Waals surface area contributed by atoms with E-state index in [1.165, 1.54) is 0 Å². The molecule has 0 aliphatic carbocycles. The Labute approximate surface area is 281 Å². The molecule has 0 atom stereocenters. The average Bonchev–Trinajstić information content (AvgIpc) is 3.09. The van der Waals surface area contributed by atoms with Gasteiger partial charge in [-0.1, -0.05) is 89.9 Å². The molecule has 2 amide bonds. The van der Waals surface area contributed by atoms with E-state index in [2.05, 4.69) is 10.6 Å². The van der Waals surface area contributed by atoms with Crippen LogP contribution in [0.15, 0.2) is 127 Å². The summed E-state index contributed by atoms with van der Waals surface area (Å²) in [7, 11) is 0. The Morgan fingerprint density at radius 3 is 1.47 bits per heavy atom. The molecule has 7 rings (SSSR count). The highest BCUT2D eigenvalue weighted by Crippen LogP contribution is 2.31. The molecule has 0 saturated heterocycles. The molecule has 47 heavy (non-hydrogen) atoms. The Morgan fingerprint density at radius 1 is 0.532 bits per heavy atom. The summed E-state index contributed by atoms with van der Waals surface area (Å²) in [4.78, 5) is 37.6. The number of hydrogen-bond acceptors (Lipinski definition) is 4. The number of benzene rings is 5. The van der Waals surface area contributed by atoms with Crippen LogP contribution in [0, 0.1) is 6.92 Å². The number of nitrogens with one attached hydrogen (secondary N) is 2. The number of carbonyl (C=O) groups is 2. The number of rotatable bonds is 6. The van der Waals surface area contributed by atoms with Gasteiger partial charge >= 0.3 is 0 Å². The Morgan fingerprint density at radius 2 is 0.979 bits per heavy atom. The largest absolute Gasteiger partial charge is 0.320 e. The van der Waals surface area contributed by atoms with Crippen LogP contribution in [-0.2, 0) is 0 Å². The third-order valence-corrected chi connectivity index (χ3v) is 8.38. The third kappa shape index (κ3) is 6.29. The van der Waals surface area contributed by atoms with Crippen LogP contribution in [0.25, 0.3) is 44.3 Å². The number of hydrogen-bond donors (Lipinski definition) is 2. The lowest BCUT2D eigenvalue weighted by Crippen LogP contribution is -2.18. The van der Waals surface area contributed by atoms with Crippen molar-refractivity contribution in [2.75, 3.05) is 10.6 Å². The molecular weight excluding hydrogens is 627 g/mol. The zero-order valence-electron chi connectivity index (χ0n) is 25.1. The van der Waals surface area contributed by atoms with Gasteiger partial charge in [0.2, 0.25) is 0 Å². The van der Waals surface area contributed by atoms with Crippen LogP contribution in [0.3, 0.4) is 0 Å². The summed E-state index contributed by atoms with van der Waals surface area (Å²) in [5.41, 5.74) is 7.06. The van der Waals surface area contributed by atoms with Crippen molar-refractivity contribution in [1.29, 1.82) is 0 Å². The van der Waals surface area contributed by atoms with Crippen LogP contribution in [0.5, 0.6) is 0 Å². The standard InChI is InChI=1S/C39H26Cl2N4O2/c1-23-10-19-34(44-38(46)30-21-35(24-11-15-26(40)16-12-24)42-32-8-4-2-6-28(30)32)37(20-23)45-39(47)31-22-36(25-13-17-27(41)18-14-25)43-33-9-5-3-7-29(31)33/h2-22H,1H3,(H,44,46)(H,45,47). The molecule has 5 aromatic carbocycles. The van der Waals surface area contributed by atoms with E-state index in [4.69, 9.17) is 33.2 Å². The minimum atomic E-state index is -0.336. The summed E-state index contributed by atoms with van der Waals surface area (Å²) in [5, 5.41) is 8.74. The molecule has 0 aliphatic heterocycles. The number of halogens is 2. The molecule has 6 nitrogen and oxygen atoms in total. The van der Waals surface area contributed by atoms with Crippen LogP contribution in [0.2, 0.25) is 10.0 Å². The smallest absolute Gasteiger partial charge is 0.256 e. The zero-order valence-corrected chi connectivity index (χ0v) is 26.6. The van der Waals surface area contributed by atoms with Crippen LogP contribution < -0.4 is 10.6 Å². The number of pyridine rings is 2. The molecule has 8 heteroatoms. The van der Waals surface area contributed by atoms with Gasteiger partial charge in [-0.2, -0.15) is 0 Å². The topological polar surface area (TPSA) is 84.0 Å². The van der Waals surface area contributed by atoms with Gasteiger partial charge in [-0.25, -0.2) is 9.97 Å². The highest BCUT2D eigenvalue weighted by atomic mass is 35.5. The molecule has 0 fully saturated rings. The molecule has 2 heterocycles. The number of para-hydroxylation sites is 2. The van der Waals surface area contributed by atoms with Crippen molar-refractivity contribution in [3.8, 4) is 22.5 Å². The molecule has 0 radical (unpaired) electrons. The Bertz CT molecular complexity index is 2320. The van der Waals surface area contributed by atoms with E-state index in [0.717, 1.165) is 16.7 Å². The fourth-order valence-electron chi connectivity index (χ4n) is 5.51. The molecule has 0 unspecified atom stereocenters.